The molecule has 0 amide bonds. The summed E-state index contributed by atoms with van der Waals surface area (Å²) in [5.74, 6) is 0.664. The van der Waals surface area contributed by atoms with Gasteiger partial charge in [-0.2, -0.15) is 0 Å². The Labute approximate surface area is 138 Å². The average Bonchev–Trinajstić information content (AvgIpc) is 2.49. The van der Waals surface area contributed by atoms with Gasteiger partial charge in [-0.25, -0.2) is 0 Å². The third-order valence-electron chi connectivity index (χ3n) is 4.00. The van der Waals surface area contributed by atoms with E-state index >= 15 is 0 Å². The van der Waals surface area contributed by atoms with E-state index in [9.17, 15) is 9.90 Å². The van der Waals surface area contributed by atoms with Crippen molar-refractivity contribution in [3.63, 3.8) is 0 Å². The van der Waals surface area contributed by atoms with Crippen molar-refractivity contribution in [1.29, 1.82) is 0 Å². The van der Waals surface area contributed by atoms with Crippen LogP contribution < -0.4 is 14.8 Å². The molecule has 0 fully saturated rings. The van der Waals surface area contributed by atoms with Gasteiger partial charge in [0, 0.05) is 6.04 Å². The van der Waals surface area contributed by atoms with Crippen molar-refractivity contribution in [3.8, 4) is 11.5 Å². The van der Waals surface area contributed by atoms with Crippen LogP contribution in [0.5, 0.6) is 11.5 Å². The second kappa shape index (κ2) is 7.21. The Morgan fingerprint density at radius 3 is 2.52 bits per heavy atom. The van der Waals surface area contributed by atoms with Crippen LogP contribution in [-0.2, 0) is 4.79 Å². The molecule has 5 heteroatoms. The summed E-state index contributed by atoms with van der Waals surface area (Å²) >= 11 is 0. The second-order valence-electron chi connectivity index (χ2n) is 7.28. The first-order valence-corrected chi connectivity index (χ1v) is 8.15. The van der Waals surface area contributed by atoms with Crippen molar-refractivity contribution in [2.45, 2.75) is 52.6 Å². The van der Waals surface area contributed by atoms with E-state index in [1.807, 2.05) is 25.1 Å². The number of hydrogen-bond acceptors (Lipinski definition) is 4. The minimum atomic E-state index is -0.807. The van der Waals surface area contributed by atoms with Crippen LogP contribution in [0.1, 0.15) is 52.1 Å². The summed E-state index contributed by atoms with van der Waals surface area (Å²) in [6.07, 6.45) is 1.46. The number of hydrogen-bond donors (Lipinski definition) is 2. The Bertz CT molecular complexity index is 550. The van der Waals surface area contributed by atoms with Crippen LogP contribution in [0, 0.1) is 5.41 Å². The third-order valence-corrected chi connectivity index (χ3v) is 4.00. The molecule has 1 heterocycles. The lowest BCUT2D eigenvalue weighted by molar-refractivity contribution is -0.140. The predicted molar refractivity (Wildman–Crippen MR) is 89.1 cm³/mol. The van der Waals surface area contributed by atoms with E-state index in [0.29, 0.717) is 19.6 Å². The Hall–Kier alpha value is -1.75. The number of carbonyl (C=O) groups is 1. The van der Waals surface area contributed by atoms with Gasteiger partial charge >= 0.3 is 5.97 Å². The average molecular weight is 321 g/mol. The molecule has 0 radical (unpaired) electrons. The molecule has 0 aromatic heterocycles. The molecule has 0 saturated carbocycles. The minimum Gasteiger partial charge on any atom is -0.486 e. The standard InChI is InChI=1S/C18H27NO4/c1-12(19-14(17(20)21)7-8-18(2,3)4)13-5-6-15-16(11-13)23-10-9-22-15/h5-6,11-12,14,19H,7-10H2,1-4H3,(H,20,21)/t12-,14+/m1/s1. The van der Waals surface area contributed by atoms with Crippen LogP contribution in [-0.4, -0.2) is 30.3 Å². The zero-order valence-electron chi connectivity index (χ0n) is 14.4. The number of carboxylic acids is 1. The number of fused-ring (bicyclic) bond motifs is 1. The van der Waals surface area contributed by atoms with Gasteiger partial charge in [0.05, 0.1) is 0 Å². The molecule has 0 spiro atoms. The summed E-state index contributed by atoms with van der Waals surface area (Å²) in [6, 6.07) is 5.12. The number of rotatable bonds is 6. The highest BCUT2D eigenvalue weighted by molar-refractivity contribution is 5.73. The van der Waals surface area contributed by atoms with Crippen molar-refractivity contribution in [3.05, 3.63) is 23.8 Å². The molecule has 1 aliphatic heterocycles. The highest BCUT2D eigenvalue weighted by atomic mass is 16.6. The summed E-state index contributed by atoms with van der Waals surface area (Å²) in [4.78, 5) is 11.5. The fraction of sp³-hybridized carbons (Fsp3) is 0.611. The fourth-order valence-electron chi connectivity index (χ4n) is 2.58. The lowest BCUT2D eigenvalue weighted by atomic mass is 9.88. The first-order valence-electron chi connectivity index (χ1n) is 8.15. The van der Waals surface area contributed by atoms with Crippen LogP contribution >= 0.6 is 0 Å². The van der Waals surface area contributed by atoms with E-state index in [0.717, 1.165) is 23.5 Å². The van der Waals surface area contributed by atoms with Gasteiger partial charge in [0.25, 0.3) is 0 Å². The SMILES string of the molecule is C[C@@H](N[C@@H](CCC(C)(C)C)C(=O)O)c1ccc2c(c1)OCCO2. The molecule has 128 valence electrons. The first kappa shape index (κ1) is 17.6. The van der Waals surface area contributed by atoms with E-state index in [1.165, 1.54) is 0 Å². The predicted octanol–water partition coefficient (Wildman–Crippen LogP) is 3.39. The summed E-state index contributed by atoms with van der Waals surface area (Å²) in [7, 11) is 0. The van der Waals surface area contributed by atoms with Crippen molar-refractivity contribution in [1.82, 2.24) is 5.32 Å². The lowest BCUT2D eigenvalue weighted by Gasteiger charge is -2.25. The molecule has 5 nitrogen and oxygen atoms in total. The number of ether oxygens (including phenoxy) is 2. The number of aliphatic carboxylic acids is 1. The first-order chi connectivity index (χ1) is 10.8. The van der Waals surface area contributed by atoms with Gasteiger partial charge in [-0.3, -0.25) is 10.1 Å². The maximum Gasteiger partial charge on any atom is 0.320 e. The fourth-order valence-corrected chi connectivity index (χ4v) is 2.58. The third kappa shape index (κ3) is 5.13. The molecule has 0 unspecified atom stereocenters. The quantitative estimate of drug-likeness (QED) is 0.840. The van der Waals surface area contributed by atoms with E-state index in [-0.39, 0.29) is 11.5 Å². The van der Waals surface area contributed by atoms with Gasteiger partial charge in [0.1, 0.15) is 19.3 Å². The highest BCUT2D eigenvalue weighted by Gasteiger charge is 2.23. The van der Waals surface area contributed by atoms with Gasteiger partial charge in [0.15, 0.2) is 11.5 Å². The van der Waals surface area contributed by atoms with Gasteiger partial charge in [0.2, 0.25) is 0 Å². The molecule has 2 atom stereocenters. The molecule has 1 aromatic carbocycles. The van der Waals surface area contributed by atoms with E-state index in [2.05, 4.69) is 26.1 Å². The molecule has 0 aliphatic carbocycles. The van der Waals surface area contributed by atoms with E-state index in [4.69, 9.17) is 9.47 Å². The lowest BCUT2D eigenvalue weighted by Crippen LogP contribution is -2.39. The van der Waals surface area contributed by atoms with E-state index in [1.54, 1.807) is 0 Å². The second-order valence-corrected chi connectivity index (χ2v) is 7.28. The Balaban J connectivity index is 2.03. The molecule has 0 bridgehead atoms. The van der Waals surface area contributed by atoms with Crippen LogP contribution in [0.4, 0.5) is 0 Å². The molecule has 2 N–H and O–H groups in total. The highest BCUT2D eigenvalue weighted by Crippen LogP contribution is 2.33. The van der Waals surface area contributed by atoms with Crippen molar-refractivity contribution in [2.75, 3.05) is 13.2 Å². The van der Waals surface area contributed by atoms with Crippen molar-refractivity contribution < 1.29 is 19.4 Å². The van der Waals surface area contributed by atoms with Crippen LogP contribution in [0.3, 0.4) is 0 Å². The molecular formula is C18H27NO4. The number of benzene rings is 1. The van der Waals surface area contributed by atoms with Crippen LogP contribution in [0.2, 0.25) is 0 Å². The smallest absolute Gasteiger partial charge is 0.320 e. The zero-order chi connectivity index (χ0) is 17.0. The Morgan fingerprint density at radius 2 is 1.91 bits per heavy atom. The van der Waals surface area contributed by atoms with E-state index < -0.39 is 12.0 Å². The van der Waals surface area contributed by atoms with Gasteiger partial charge in [-0.05, 0) is 42.9 Å². The summed E-state index contributed by atoms with van der Waals surface area (Å²) < 4.78 is 11.1. The molecule has 2 rings (SSSR count). The van der Waals surface area contributed by atoms with Crippen LogP contribution in [0.25, 0.3) is 0 Å². The Kier molecular flexibility index (Phi) is 5.52. The van der Waals surface area contributed by atoms with Gasteiger partial charge in [-0.15, -0.1) is 0 Å². The summed E-state index contributed by atoms with van der Waals surface area (Å²) in [5.41, 5.74) is 1.12. The van der Waals surface area contributed by atoms with Gasteiger partial charge < -0.3 is 14.6 Å². The molecule has 1 aromatic rings. The molecule has 1 aliphatic rings. The van der Waals surface area contributed by atoms with Crippen molar-refractivity contribution >= 4 is 5.97 Å². The zero-order valence-corrected chi connectivity index (χ0v) is 14.4. The van der Waals surface area contributed by atoms with Gasteiger partial charge in [-0.1, -0.05) is 26.8 Å². The summed E-state index contributed by atoms with van der Waals surface area (Å²) in [6.45, 7) is 9.44. The number of nitrogens with one attached hydrogen (secondary N) is 1. The van der Waals surface area contributed by atoms with Crippen LogP contribution in [0.15, 0.2) is 18.2 Å². The number of carboxylic acid groups (broad SMARTS) is 1. The molecule has 0 saturated heterocycles. The topological polar surface area (TPSA) is 67.8 Å². The normalized spacial score (nSPS) is 16.7. The monoisotopic (exact) mass is 321 g/mol. The molecule has 23 heavy (non-hydrogen) atoms. The maximum atomic E-state index is 11.5. The summed E-state index contributed by atoms with van der Waals surface area (Å²) in [5, 5.41) is 12.7. The largest absolute Gasteiger partial charge is 0.486 e. The minimum absolute atomic E-state index is 0.0769. The van der Waals surface area contributed by atoms with Crippen molar-refractivity contribution in [2.24, 2.45) is 5.41 Å². The Morgan fingerprint density at radius 1 is 1.26 bits per heavy atom. The maximum absolute atomic E-state index is 11.5. The molecular weight excluding hydrogens is 294 g/mol.